The van der Waals surface area contributed by atoms with E-state index >= 15 is 0 Å². The molecule has 0 unspecified atom stereocenters. The average Bonchev–Trinajstić information content (AvgIpc) is 2.89. The van der Waals surface area contributed by atoms with E-state index in [1.807, 2.05) is 18.2 Å². The van der Waals surface area contributed by atoms with E-state index in [0.29, 0.717) is 0 Å². The largest absolute Gasteiger partial charge is 0.343 e. The maximum absolute atomic E-state index is 6.07. The summed E-state index contributed by atoms with van der Waals surface area (Å²) >= 11 is 6.07. The van der Waals surface area contributed by atoms with Crippen LogP contribution in [0.25, 0.3) is 10.9 Å². The van der Waals surface area contributed by atoms with Gasteiger partial charge >= 0.3 is 0 Å². The van der Waals surface area contributed by atoms with Crippen molar-refractivity contribution in [2.75, 3.05) is 6.54 Å². The summed E-state index contributed by atoms with van der Waals surface area (Å²) in [5.74, 6) is 0. The fourth-order valence-electron chi connectivity index (χ4n) is 2.67. The SMILES string of the molecule is CCNCc1cccc2c1ccn2Cc1cccc(Cl)c1. The quantitative estimate of drug-likeness (QED) is 0.736. The number of aromatic nitrogens is 1. The van der Waals surface area contributed by atoms with Gasteiger partial charge in [-0.1, -0.05) is 42.8 Å². The zero-order chi connectivity index (χ0) is 14.7. The Bertz CT molecular complexity index is 746. The van der Waals surface area contributed by atoms with Crippen LogP contribution in [0, 0.1) is 0 Å². The summed E-state index contributed by atoms with van der Waals surface area (Å²) in [7, 11) is 0. The summed E-state index contributed by atoms with van der Waals surface area (Å²) in [4.78, 5) is 0. The predicted molar refractivity (Wildman–Crippen MR) is 89.9 cm³/mol. The van der Waals surface area contributed by atoms with Gasteiger partial charge in [-0.25, -0.2) is 0 Å². The van der Waals surface area contributed by atoms with E-state index in [0.717, 1.165) is 24.7 Å². The van der Waals surface area contributed by atoms with Gasteiger partial charge in [0.2, 0.25) is 0 Å². The van der Waals surface area contributed by atoms with Crippen LogP contribution < -0.4 is 5.32 Å². The molecule has 21 heavy (non-hydrogen) atoms. The molecule has 108 valence electrons. The highest BCUT2D eigenvalue weighted by atomic mass is 35.5. The van der Waals surface area contributed by atoms with Crippen molar-refractivity contribution in [1.82, 2.24) is 9.88 Å². The number of nitrogens with zero attached hydrogens (tertiary/aromatic N) is 1. The van der Waals surface area contributed by atoms with Crippen molar-refractivity contribution in [2.45, 2.75) is 20.0 Å². The van der Waals surface area contributed by atoms with Gasteiger partial charge in [0, 0.05) is 35.2 Å². The lowest BCUT2D eigenvalue weighted by Gasteiger charge is -2.08. The minimum atomic E-state index is 0.789. The van der Waals surface area contributed by atoms with Crippen LogP contribution in [-0.2, 0) is 13.1 Å². The number of nitrogens with one attached hydrogen (secondary N) is 1. The summed E-state index contributed by atoms with van der Waals surface area (Å²) < 4.78 is 2.27. The highest BCUT2D eigenvalue weighted by molar-refractivity contribution is 6.30. The Balaban J connectivity index is 1.93. The standard InChI is InChI=1S/C18H19ClN2/c1-2-20-12-15-6-4-8-18-17(15)9-10-21(18)13-14-5-3-7-16(19)11-14/h3-11,20H,2,12-13H2,1H3. The third-order valence-corrected chi connectivity index (χ3v) is 3.95. The molecular weight excluding hydrogens is 280 g/mol. The maximum Gasteiger partial charge on any atom is 0.0486 e. The van der Waals surface area contributed by atoms with Crippen molar-refractivity contribution in [1.29, 1.82) is 0 Å². The summed E-state index contributed by atoms with van der Waals surface area (Å²) in [6.45, 7) is 4.87. The number of fused-ring (bicyclic) bond motifs is 1. The topological polar surface area (TPSA) is 17.0 Å². The van der Waals surface area contributed by atoms with Crippen molar-refractivity contribution in [3.63, 3.8) is 0 Å². The van der Waals surface area contributed by atoms with Crippen molar-refractivity contribution in [3.8, 4) is 0 Å². The monoisotopic (exact) mass is 298 g/mol. The van der Waals surface area contributed by atoms with E-state index in [-0.39, 0.29) is 0 Å². The second-order valence-electron chi connectivity index (χ2n) is 5.20. The van der Waals surface area contributed by atoms with Crippen LogP contribution in [0.4, 0.5) is 0 Å². The average molecular weight is 299 g/mol. The summed E-state index contributed by atoms with van der Waals surface area (Å²) in [6, 6.07) is 16.7. The van der Waals surface area contributed by atoms with Gasteiger partial charge in [0.05, 0.1) is 0 Å². The molecule has 0 spiro atoms. The number of hydrogen-bond acceptors (Lipinski definition) is 1. The van der Waals surface area contributed by atoms with Crippen LogP contribution in [0.2, 0.25) is 5.02 Å². The minimum Gasteiger partial charge on any atom is -0.343 e. The summed E-state index contributed by atoms with van der Waals surface area (Å²) in [6.07, 6.45) is 2.15. The number of rotatable bonds is 5. The Morgan fingerprint density at radius 1 is 1.10 bits per heavy atom. The molecule has 2 aromatic carbocycles. The van der Waals surface area contributed by atoms with Crippen LogP contribution >= 0.6 is 11.6 Å². The van der Waals surface area contributed by atoms with E-state index in [4.69, 9.17) is 11.6 Å². The Morgan fingerprint density at radius 2 is 1.95 bits per heavy atom. The Kier molecular flexibility index (Phi) is 4.28. The lowest BCUT2D eigenvalue weighted by atomic mass is 10.1. The van der Waals surface area contributed by atoms with Crippen molar-refractivity contribution < 1.29 is 0 Å². The van der Waals surface area contributed by atoms with Crippen LogP contribution in [0.15, 0.2) is 54.7 Å². The van der Waals surface area contributed by atoms with Crippen molar-refractivity contribution in [2.24, 2.45) is 0 Å². The summed E-state index contributed by atoms with van der Waals surface area (Å²) in [5.41, 5.74) is 3.83. The molecule has 0 aliphatic carbocycles. The molecule has 0 atom stereocenters. The lowest BCUT2D eigenvalue weighted by molar-refractivity contribution is 0.730. The van der Waals surface area contributed by atoms with E-state index in [1.54, 1.807) is 0 Å². The van der Waals surface area contributed by atoms with E-state index in [1.165, 1.54) is 22.0 Å². The van der Waals surface area contributed by atoms with Gasteiger partial charge in [0.15, 0.2) is 0 Å². The molecule has 0 amide bonds. The molecule has 0 bridgehead atoms. The molecule has 1 heterocycles. The van der Waals surface area contributed by atoms with Gasteiger partial charge in [0.1, 0.15) is 0 Å². The second-order valence-corrected chi connectivity index (χ2v) is 5.64. The summed E-state index contributed by atoms with van der Waals surface area (Å²) in [5, 5.41) is 5.50. The van der Waals surface area contributed by atoms with Crippen LogP contribution in [0.5, 0.6) is 0 Å². The first-order valence-electron chi connectivity index (χ1n) is 7.30. The molecule has 3 heteroatoms. The van der Waals surface area contributed by atoms with Gasteiger partial charge < -0.3 is 9.88 Å². The Labute approximate surface area is 130 Å². The highest BCUT2D eigenvalue weighted by Gasteiger charge is 2.06. The predicted octanol–water partition coefficient (Wildman–Crippen LogP) is 4.45. The normalized spacial score (nSPS) is 11.1. The van der Waals surface area contributed by atoms with E-state index < -0.39 is 0 Å². The Hall–Kier alpha value is -1.77. The molecule has 1 aromatic heterocycles. The van der Waals surface area contributed by atoms with Gasteiger partial charge in [0.25, 0.3) is 0 Å². The van der Waals surface area contributed by atoms with Crippen LogP contribution in [-0.4, -0.2) is 11.1 Å². The molecule has 2 nitrogen and oxygen atoms in total. The lowest BCUT2D eigenvalue weighted by Crippen LogP contribution is -2.11. The molecule has 0 saturated carbocycles. The zero-order valence-electron chi connectivity index (χ0n) is 12.1. The van der Waals surface area contributed by atoms with Gasteiger partial charge in [-0.05, 0) is 41.9 Å². The number of halogens is 1. The molecule has 0 fully saturated rings. The van der Waals surface area contributed by atoms with Crippen molar-refractivity contribution >= 4 is 22.5 Å². The van der Waals surface area contributed by atoms with Gasteiger partial charge in [-0.15, -0.1) is 0 Å². The van der Waals surface area contributed by atoms with Gasteiger partial charge in [-0.2, -0.15) is 0 Å². The zero-order valence-corrected chi connectivity index (χ0v) is 12.9. The smallest absolute Gasteiger partial charge is 0.0486 e. The minimum absolute atomic E-state index is 0.789. The molecule has 0 radical (unpaired) electrons. The first-order valence-corrected chi connectivity index (χ1v) is 7.67. The fraction of sp³-hybridized carbons (Fsp3) is 0.222. The van der Waals surface area contributed by atoms with E-state index in [2.05, 4.69) is 53.3 Å². The Morgan fingerprint density at radius 3 is 2.76 bits per heavy atom. The van der Waals surface area contributed by atoms with E-state index in [9.17, 15) is 0 Å². The number of benzene rings is 2. The first-order chi connectivity index (χ1) is 10.3. The van der Waals surface area contributed by atoms with Gasteiger partial charge in [-0.3, -0.25) is 0 Å². The molecule has 3 rings (SSSR count). The number of hydrogen-bond donors (Lipinski definition) is 1. The molecular formula is C18H19ClN2. The third-order valence-electron chi connectivity index (χ3n) is 3.71. The van der Waals surface area contributed by atoms with Crippen LogP contribution in [0.3, 0.4) is 0 Å². The molecule has 0 saturated heterocycles. The first kappa shape index (κ1) is 14.2. The van der Waals surface area contributed by atoms with Crippen molar-refractivity contribution in [3.05, 3.63) is 70.9 Å². The maximum atomic E-state index is 6.07. The molecule has 0 aliphatic rings. The highest BCUT2D eigenvalue weighted by Crippen LogP contribution is 2.22. The second kappa shape index (κ2) is 6.33. The molecule has 0 aliphatic heterocycles. The van der Waals surface area contributed by atoms with Crippen LogP contribution in [0.1, 0.15) is 18.1 Å². The molecule has 3 aromatic rings. The third kappa shape index (κ3) is 3.12. The fourth-order valence-corrected chi connectivity index (χ4v) is 2.88. The molecule has 1 N–H and O–H groups in total.